The second-order valence-electron chi connectivity index (χ2n) is 7.36. The van der Waals surface area contributed by atoms with Crippen molar-refractivity contribution in [2.24, 2.45) is 0 Å². The topological polar surface area (TPSA) is 98.7 Å². The average molecular weight is 364 g/mol. The van der Waals surface area contributed by atoms with Gasteiger partial charge in [0.25, 0.3) is 0 Å². The van der Waals surface area contributed by atoms with E-state index in [1.54, 1.807) is 6.07 Å². The summed E-state index contributed by atoms with van der Waals surface area (Å²) in [4.78, 5) is 12.2. The van der Waals surface area contributed by atoms with Crippen molar-refractivity contribution in [3.8, 4) is 0 Å². The minimum atomic E-state index is -0.167. The first-order chi connectivity index (χ1) is 11.9. The van der Waals surface area contributed by atoms with Gasteiger partial charge in [0.15, 0.2) is 0 Å². The number of aromatic nitrogens is 5. The number of amides is 1. The summed E-state index contributed by atoms with van der Waals surface area (Å²) in [5.74, 6) is 0.417. The molecule has 25 heavy (non-hydrogen) atoms. The lowest BCUT2D eigenvalue weighted by molar-refractivity contribution is -0.113. The highest BCUT2D eigenvalue weighted by atomic mass is 32.2. The van der Waals surface area contributed by atoms with E-state index in [1.807, 2.05) is 25.5 Å². The van der Waals surface area contributed by atoms with Crippen molar-refractivity contribution in [3.63, 3.8) is 0 Å². The number of carbonyl (C=O) groups excluding carboxylic acids is 1. The summed E-state index contributed by atoms with van der Waals surface area (Å²) in [5, 5.41) is 19.3. The monoisotopic (exact) mass is 364 g/mol. The maximum absolute atomic E-state index is 12.2. The molecule has 0 atom stereocenters. The summed E-state index contributed by atoms with van der Waals surface area (Å²) in [5.41, 5.74) is 0.681. The molecule has 0 spiro atoms. The SMILES string of the molecule is CC(C)(C)c1cc(NC(=O)CSc2nnnn2C2CCCCC2)on1. The molecular formula is C16H24N6O2S. The Morgan fingerprint density at radius 2 is 2.12 bits per heavy atom. The number of thioether (sulfide) groups is 1. The van der Waals surface area contributed by atoms with E-state index in [0.29, 0.717) is 17.1 Å². The van der Waals surface area contributed by atoms with Crippen LogP contribution < -0.4 is 5.32 Å². The Labute approximate surface area is 151 Å². The number of nitrogens with zero attached hydrogens (tertiary/aromatic N) is 5. The van der Waals surface area contributed by atoms with Gasteiger partial charge in [-0.2, -0.15) is 0 Å². The van der Waals surface area contributed by atoms with Gasteiger partial charge in [0.1, 0.15) is 0 Å². The molecule has 2 aromatic rings. The third-order valence-corrected chi connectivity index (χ3v) is 5.19. The Morgan fingerprint density at radius 3 is 2.80 bits per heavy atom. The molecule has 136 valence electrons. The first-order valence-corrected chi connectivity index (χ1v) is 9.60. The number of rotatable bonds is 5. The van der Waals surface area contributed by atoms with Gasteiger partial charge in [0.05, 0.1) is 17.5 Å². The normalized spacial score (nSPS) is 16.1. The zero-order valence-electron chi connectivity index (χ0n) is 14.9. The van der Waals surface area contributed by atoms with Crippen molar-refractivity contribution in [2.75, 3.05) is 11.1 Å². The van der Waals surface area contributed by atoms with Crippen LogP contribution in [0, 0.1) is 0 Å². The van der Waals surface area contributed by atoms with Crippen LogP contribution in [0.3, 0.4) is 0 Å². The molecule has 2 aromatic heterocycles. The molecule has 1 aliphatic rings. The van der Waals surface area contributed by atoms with E-state index in [2.05, 4.69) is 26.0 Å². The van der Waals surface area contributed by atoms with E-state index in [1.165, 1.54) is 31.0 Å². The molecule has 1 amide bonds. The molecule has 0 radical (unpaired) electrons. The number of hydrogen-bond donors (Lipinski definition) is 1. The van der Waals surface area contributed by atoms with E-state index < -0.39 is 0 Å². The summed E-state index contributed by atoms with van der Waals surface area (Å²) in [6.07, 6.45) is 5.88. The van der Waals surface area contributed by atoms with Gasteiger partial charge in [0, 0.05) is 11.5 Å². The Morgan fingerprint density at radius 1 is 1.36 bits per heavy atom. The minimum absolute atomic E-state index is 0.122. The molecule has 1 N–H and O–H groups in total. The number of hydrogen-bond acceptors (Lipinski definition) is 7. The lowest BCUT2D eigenvalue weighted by atomic mass is 9.92. The van der Waals surface area contributed by atoms with Crippen LogP contribution in [0.5, 0.6) is 0 Å². The smallest absolute Gasteiger partial charge is 0.237 e. The Balaban J connectivity index is 1.54. The molecule has 1 saturated carbocycles. The number of nitrogens with one attached hydrogen (secondary N) is 1. The zero-order chi connectivity index (χ0) is 17.9. The van der Waals surface area contributed by atoms with Gasteiger partial charge >= 0.3 is 0 Å². The first kappa shape index (κ1) is 17.9. The van der Waals surface area contributed by atoms with Crippen LogP contribution in [0.2, 0.25) is 0 Å². The molecule has 0 saturated heterocycles. The van der Waals surface area contributed by atoms with Crippen molar-refractivity contribution in [1.29, 1.82) is 0 Å². The molecule has 3 rings (SSSR count). The quantitative estimate of drug-likeness (QED) is 0.813. The highest BCUT2D eigenvalue weighted by Crippen LogP contribution is 2.30. The molecule has 9 heteroatoms. The first-order valence-electron chi connectivity index (χ1n) is 8.61. The second-order valence-corrected chi connectivity index (χ2v) is 8.30. The fraction of sp³-hybridized carbons (Fsp3) is 0.688. The van der Waals surface area contributed by atoms with Crippen LogP contribution in [0.1, 0.15) is 64.6 Å². The van der Waals surface area contributed by atoms with Crippen LogP contribution in [-0.2, 0) is 10.2 Å². The van der Waals surface area contributed by atoms with Gasteiger partial charge < -0.3 is 4.52 Å². The maximum Gasteiger partial charge on any atom is 0.237 e. The maximum atomic E-state index is 12.2. The van der Waals surface area contributed by atoms with Gasteiger partial charge in [-0.3, -0.25) is 10.1 Å². The third kappa shape index (κ3) is 4.59. The summed E-state index contributed by atoms with van der Waals surface area (Å²) < 4.78 is 7.05. The average Bonchev–Trinajstić information content (AvgIpc) is 3.22. The van der Waals surface area contributed by atoms with Crippen LogP contribution >= 0.6 is 11.8 Å². The van der Waals surface area contributed by atoms with E-state index >= 15 is 0 Å². The molecule has 1 aliphatic carbocycles. The predicted octanol–water partition coefficient (Wildman–Crippen LogP) is 3.19. The van der Waals surface area contributed by atoms with Gasteiger partial charge in [-0.05, 0) is 23.3 Å². The molecular weight excluding hydrogens is 340 g/mol. The zero-order valence-corrected chi connectivity index (χ0v) is 15.7. The van der Waals surface area contributed by atoms with Crippen molar-refractivity contribution < 1.29 is 9.32 Å². The third-order valence-electron chi connectivity index (χ3n) is 4.26. The predicted molar refractivity (Wildman–Crippen MR) is 94.5 cm³/mol. The minimum Gasteiger partial charge on any atom is -0.338 e. The molecule has 0 bridgehead atoms. The number of tetrazole rings is 1. The van der Waals surface area contributed by atoms with Crippen LogP contribution in [0.15, 0.2) is 15.7 Å². The summed E-state index contributed by atoms with van der Waals surface area (Å²) in [6.45, 7) is 6.12. The van der Waals surface area contributed by atoms with Crippen LogP contribution in [-0.4, -0.2) is 37.0 Å². The molecule has 2 heterocycles. The van der Waals surface area contributed by atoms with Gasteiger partial charge in [-0.15, -0.1) is 5.10 Å². The highest BCUT2D eigenvalue weighted by Gasteiger charge is 2.22. The Kier molecular flexibility index (Phi) is 5.41. The van der Waals surface area contributed by atoms with E-state index in [9.17, 15) is 4.79 Å². The molecule has 0 unspecified atom stereocenters. The van der Waals surface area contributed by atoms with Gasteiger partial charge in [-0.1, -0.05) is 57.0 Å². The number of carbonyl (C=O) groups is 1. The fourth-order valence-corrected chi connectivity index (χ4v) is 3.57. The van der Waals surface area contributed by atoms with E-state index in [0.717, 1.165) is 18.5 Å². The molecule has 0 aromatic carbocycles. The second kappa shape index (κ2) is 7.55. The summed E-state index contributed by atoms with van der Waals surface area (Å²) in [7, 11) is 0. The van der Waals surface area contributed by atoms with Crippen molar-refractivity contribution in [1.82, 2.24) is 25.4 Å². The van der Waals surface area contributed by atoms with E-state index in [-0.39, 0.29) is 17.1 Å². The molecule has 1 fully saturated rings. The van der Waals surface area contributed by atoms with Crippen molar-refractivity contribution in [3.05, 3.63) is 11.8 Å². The molecule has 8 nitrogen and oxygen atoms in total. The summed E-state index contributed by atoms with van der Waals surface area (Å²) in [6, 6.07) is 2.10. The highest BCUT2D eigenvalue weighted by molar-refractivity contribution is 7.99. The van der Waals surface area contributed by atoms with Gasteiger partial charge in [0.2, 0.25) is 16.9 Å². The van der Waals surface area contributed by atoms with Crippen LogP contribution in [0.25, 0.3) is 0 Å². The van der Waals surface area contributed by atoms with Gasteiger partial charge in [-0.25, -0.2) is 4.68 Å². The van der Waals surface area contributed by atoms with Crippen molar-refractivity contribution >= 4 is 23.6 Å². The largest absolute Gasteiger partial charge is 0.338 e. The van der Waals surface area contributed by atoms with Crippen molar-refractivity contribution in [2.45, 2.75) is 69.5 Å². The van der Waals surface area contributed by atoms with E-state index in [4.69, 9.17) is 4.52 Å². The summed E-state index contributed by atoms with van der Waals surface area (Å²) >= 11 is 1.34. The fourth-order valence-electron chi connectivity index (χ4n) is 2.83. The lowest BCUT2D eigenvalue weighted by Crippen LogP contribution is -2.17. The Bertz CT molecular complexity index is 714. The Hall–Kier alpha value is -1.90. The lowest BCUT2D eigenvalue weighted by Gasteiger charge is -2.21. The standard InChI is InChI=1S/C16H24N6O2S/c1-16(2,3)12-9-14(24-19-12)17-13(23)10-25-15-18-20-21-22(15)11-7-5-4-6-8-11/h9,11H,4-8,10H2,1-3H3,(H,17,23). The van der Waals surface area contributed by atoms with Crippen LogP contribution in [0.4, 0.5) is 5.88 Å². The number of anilines is 1. The molecule has 0 aliphatic heterocycles.